The average Bonchev–Trinajstić information content (AvgIpc) is 2.16. The summed E-state index contributed by atoms with van der Waals surface area (Å²) < 4.78 is 12.8. The van der Waals surface area contributed by atoms with Crippen LogP contribution in [0.4, 0.5) is 4.39 Å². The zero-order chi connectivity index (χ0) is 10.1. The van der Waals surface area contributed by atoms with Gasteiger partial charge in [-0.2, -0.15) is 0 Å². The van der Waals surface area contributed by atoms with Gasteiger partial charge in [0.2, 0.25) is 0 Å². The molecule has 5 heteroatoms. The van der Waals surface area contributed by atoms with Crippen LogP contribution in [0.3, 0.4) is 0 Å². The van der Waals surface area contributed by atoms with E-state index in [4.69, 9.17) is 11.1 Å². The molecule has 15 heavy (non-hydrogen) atoms. The van der Waals surface area contributed by atoms with Gasteiger partial charge in [0, 0.05) is 11.5 Å². The highest BCUT2D eigenvalue weighted by Crippen LogP contribution is 2.13. The molecule has 1 aromatic heterocycles. The predicted molar refractivity (Wildman–Crippen MR) is 60.0 cm³/mol. The number of aromatic nitrogens is 1. The zero-order valence-corrected chi connectivity index (χ0v) is 8.51. The van der Waals surface area contributed by atoms with Gasteiger partial charge < -0.3 is 5.73 Å². The molecular formula is C10H9ClFN3. The summed E-state index contributed by atoms with van der Waals surface area (Å²) in [5.74, 6) is -0.457. The van der Waals surface area contributed by atoms with Gasteiger partial charge in [-0.15, -0.1) is 12.4 Å². The van der Waals surface area contributed by atoms with Crippen molar-refractivity contribution in [2.24, 2.45) is 5.73 Å². The SMILES string of the molecule is Cl.N=C(N)c1ccc2ccc(F)cc2n1. The Labute approximate surface area is 92.0 Å². The summed E-state index contributed by atoms with van der Waals surface area (Å²) in [4.78, 5) is 4.05. The van der Waals surface area contributed by atoms with Crippen molar-refractivity contribution in [3.8, 4) is 0 Å². The Morgan fingerprint density at radius 1 is 1.27 bits per heavy atom. The lowest BCUT2D eigenvalue weighted by Crippen LogP contribution is -2.12. The molecular weight excluding hydrogens is 217 g/mol. The van der Waals surface area contributed by atoms with Crippen LogP contribution >= 0.6 is 12.4 Å². The number of nitrogen functional groups attached to an aromatic ring is 1. The second kappa shape index (κ2) is 4.23. The fourth-order valence-electron chi connectivity index (χ4n) is 1.24. The number of hydrogen-bond donors (Lipinski definition) is 2. The van der Waals surface area contributed by atoms with Gasteiger partial charge in [0.25, 0.3) is 0 Å². The molecule has 2 aromatic rings. The van der Waals surface area contributed by atoms with Crippen LogP contribution in [0.5, 0.6) is 0 Å². The van der Waals surface area contributed by atoms with Crippen LogP contribution in [0.15, 0.2) is 30.3 Å². The van der Waals surface area contributed by atoms with Crippen molar-refractivity contribution in [2.75, 3.05) is 0 Å². The topological polar surface area (TPSA) is 62.8 Å². The molecule has 0 spiro atoms. The number of rotatable bonds is 1. The average molecular weight is 226 g/mol. The monoisotopic (exact) mass is 225 g/mol. The fraction of sp³-hybridized carbons (Fsp3) is 0. The Hall–Kier alpha value is -1.68. The second-order valence-corrected chi connectivity index (χ2v) is 2.95. The molecule has 3 N–H and O–H groups in total. The molecule has 0 aliphatic rings. The van der Waals surface area contributed by atoms with E-state index >= 15 is 0 Å². The Balaban J connectivity index is 0.00000112. The van der Waals surface area contributed by atoms with E-state index < -0.39 is 0 Å². The van der Waals surface area contributed by atoms with Gasteiger partial charge in [-0.3, -0.25) is 5.41 Å². The molecule has 0 saturated heterocycles. The van der Waals surface area contributed by atoms with Crippen LogP contribution in [-0.2, 0) is 0 Å². The van der Waals surface area contributed by atoms with Crippen LogP contribution < -0.4 is 5.73 Å². The summed E-state index contributed by atoms with van der Waals surface area (Å²) in [5, 5.41) is 8.02. The number of nitrogens with one attached hydrogen (secondary N) is 1. The van der Waals surface area contributed by atoms with Crippen LogP contribution in [0.1, 0.15) is 5.69 Å². The Morgan fingerprint density at radius 3 is 2.60 bits per heavy atom. The molecule has 0 aliphatic carbocycles. The van der Waals surface area contributed by atoms with Crippen LogP contribution in [-0.4, -0.2) is 10.8 Å². The minimum atomic E-state index is -0.342. The Bertz CT molecular complexity index is 513. The highest BCUT2D eigenvalue weighted by Gasteiger charge is 2.01. The van der Waals surface area contributed by atoms with E-state index in [1.807, 2.05) is 0 Å². The zero-order valence-electron chi connectivity index (χ0n) is 7.70. The first kappa shape index (κ1) is 11.4. The largest absolute Gasteiger partial charge is 0.382 e. The Kier molecular flexibility index (Phi) is 3.21. The van der Waals surface area contributed by atoms with E-state index in [2.05, 4.69) is 4.98 Å². The van der Waals surface area contributed by atoms with Gasteiger partial charge in [-0.25, -0.2) is 9.37 Å². The lowest BCUT2D eigenvalue weighted by molar-refractivity contribution is 0.629. The van der Waals surface area contributed by atoms with E-state index in [1.165, 1.54) is 12.1 Å². The number of halogens is 2. The third-order valence-corrected chi connectivity index (χ3v) is 1.93. The van der Waals surface area contributed by atoms with E-state index in [9.17, 15) is 4.39 Å². The third-order valence-electron chi connectivity index (χ3n) is 1.93. The minimum absolute atomic E-state index is 0. The first-order chi connectivity index (χ1) is 6.66. The van der Waals surface area contributed by atoms with Gasteiger partial charge in [0.1, 0.15) is 17.3 Å². The van der Waals surface area contributed by atoms with E-state index in [0.29, 0.717) is 11.2 Å². The van der Waals surface area contributed by atoms with E-state index in [0.717, 1.165) is 5.39 Å². The molecule has 1 aromatic carbocycles. The molecule has 2 rings (SSSR count). The molecule has 78 valence electrons. The molecule has 1 heterocycles. The van der Waals surface area contributed by atoms with Crippen LogP contribution in [0.25, 0.3) is 10.9 Å². The summed E-state index contributed by atoms with van der Waals surface area (Å²) in [6, 6.07) is 7.74. The van der Waals surface area contributed by atoms with Gasteiger partial charge in [0.05, 0.1) is 5.52 Å². The molecule has 0 aliphatic heterocycles. The highest BCUT2D eigenvalue weighted by atomic mass is 35.5. The quantitative estimate of drug-likeness (QED) is 0.577. The number of fused-ring (bicyclic) bond motifs is 1. The first-order valence-corrected chi connectivity index (χ1v) is 4.07. The predicted octanol–water partition coefficient (Wildman–Crippen LogP) is 2.08. The maximum absolute atomic E-state index is 12.8. The van der Waals surface area contributed by atoms with Crippen molar-refractivity contribution in [1.82, 2.24) is 4.98 Å². The number of hydrogen-bond acceptors (Lipinski definition) is 2. The molecule has 0 amide bonds. The van der Waals surface area contributed by atoms with Gasteiger partial charge in [-0.1, -0.05) is 6.07 Å². The number of amidine groups is 1. The van der Waals surface area contributed by atoms with Gasteiger partial charge in [-0.05, 0) is 18.2 Å². The van der Waals surface area contributed by atoms with E-state index in [-0.39, 0.29) is 24.1 Å². The smallest absolute Gasteiger partial charge is 0.141 e. The molecule has 0 bridgehead atoms. The number of benzene rings is 1. The molecule has 0 unspecified atom stereocenters. The van der Waals surface area contributed by atoms with Crippen molar-refractivity contribution < 1.29 is 4.39 Å². The van der Waals surface area contributed by atoms with Crippen LogP contribution in [0, 0.1) is 11.2 Å². The summed E-state index contributed by atoms with van der Waals surface area (Å²) in [7, 11) is 0. The molecule has 0 saturated carbocycles. The van der Waals surface area contributed by atoms with Crippen molar-refractivity contribution >= 4 is 29.1 Å². The molecule has 0 fully saturated rings. The lowest BCUT2D eigenvalue weighted by Gasteiger charge is -2.00. The van der Waals surface area contributed by atoms with Crippen LogP contribution in [0.2, 0.25) is 0 Å². The summed E-state index contributed by atoms with van der Waals surface area (Å²) in [6.45, 7) is 0. The summed E-state index contributed by atoms with van der Waals surface area (Å²) >= 11 is 0. The van der Waals surface area contributed by atoms with Crippen molar-refractivity contribution in [3.05, 3.63) is 41.8 Å². The lowest BCUT2D eigenvalue weighted by atomic mass is 10.2. The summed E-state index contributed by atoms with van der Waals surface area (Å²) in [6.07, 6.45) is 0. The first-order valence-electron chi connectivity index (χ1n) is 4.07. The fourth-order valence-corrected chi connectivity index (χ4v) is 1.24. The van der Waals surface area contributed by atoms with Crippen molar-refractivity contribution in [3.63, 3.8) is 0 Å². The normalized spacial score (nSPS) is 9.67. The van der Waals surface area contributed by atoms with Gasteiger partial charge >= 0.3 is 0 Å². The van der Waals surface area contributed by atoms with Gasteiger partial charge in [0.15, 0.2) is 0 Å². The highest BCUT2D eigenvalue weighted by molar-refractivity contribution is 5.95. The number of nitrogens with two attached hydrogens (primary N) is 1. The number of pyridine rings is 1. The van der Waals surface area contributed by atoms with Crippen molar-refractivity contribution in [1.29, 1.82) is 5.41 Å². The Morgan fingerprint density at radius 2 is 1.93 bits per heavy atom. The molecule has 0 radical (unpaired) electrons. The number of nitrogens with zero attached hydrogens (tertiary/aromatic N) is 1. The summed E-state index contributed by atoms with van der Waals surface area (Å²) in [5.41, 5.74) is 6.15. The standard InChI is InChI=1S/C10H8FN3.ClH/c11-7-3-1-6-2-4-8(10(12)13)14-9(6)5-7;/h1-5H,(H3,12,13);1H. The molecule has 0 atom stereocenters. The molecule has 3 nitrogen and oxygen atoms in total. The second-order valence-electron chi connectivity index (χ2n) is 2.95. The maximum atomic E-state index is 12.8. The van der Waals surface area contributed by atoms with Crippen molar-refractivity contribution in [2.45, 2.75) is 0 Å². The minimum Gasteiger partial charge on any atom is -0.382 e. The van der Waals surface area contributed by atoms with E-state index in [1.54, 1.807) is 18.2 Å². The maximum Gasteiger partial charge on any atom is 0.141 e. The third kappa shape index (κ3) is 2.22.